The van der Waals surface area contributed by atoms with Crippen molar-refractivity contribution in [1.82, 2.24) is 4.98 Å². The van der Waals surface area contributed by atoms with Gasteiger partial charge in [0.25, 0.3) is 0 Å². The number of rotatable bonds is 6. The van der Waals surface area contributed by atoms with Gasteiger partial charge in [0.15, 0.2) is 0 Å². The Labute approximate surface area is 156 Å². The highest BCUT2D eigenvalue weighted by Gasteiger charge is 2.26. The van der Waals surface area contributed by atoms with E-state index in [1.165, 1.54) is 0 Å². The monoisotopic (exact) mass is 376 g/mol. The van der Waals surface area contributed by atoms with E-state index >= 15 is 0 Å². The fourth-order valence-electron chi connectivity index (χ4n) is 3.43. The maximum absolute atomic E-state index is 14.5. The Bertz CT molecular complexity index is 769. The van der Waals surface area contributed by atoms with E-state index in [0.29, 0.717) is 11.1 Å². The number of ether oxygens (including phenoxy) is 1. The van der Waals surface area contributed by atoms with Gasteiger partial charge in [0.05, 0.1) is 18.8 Å². The molecule has 26 heavy (non-hydrogen) atoms. The SMILES string of the molecule is CC(C)OC1CCN(c2ncc(-c3cccc(CO)c3F)cc2CP)C1. The van der Waals surface area contributed by atoms with Gasteiger partial charge in [-0.3, -0.25) is 0 Å². The highest BCUT2D eigenvalue weighted by Crippen LogP contribution is 2.31. The number of aliphatic hydroxyl groups is 1. The van der Waals surface area contributed by atoms with Gasteiger partial charge in [-0.15, -0.1) is 9.24 Å². The van der Waals surface area contributed by atoms with Crippen LogP contribution in [0.1, 0.15) is 31.4 Å². The molecule has 1 aliphatic heterocycles. The van der Waals surface area contributed by atoms with E-state index in [-0.39, 0.29) is 24.6 Å². The first-order valence-electron chi connectivity index (χ1n) is 9.01. The van der Waals surface area contributed by atoms with E-state index in [2.05, 4.69) is 33.0 Å². The standard InChI is InChI=1S/C20H26FN2O2P/c1-13(2)25-17-6-7-23(10-17)20-16(12-26)8-15(9-22-20)18-5-3-4-14(11-24)19(18)21/h3-5,8-9,13,17,24H,6-7,10-12,26H2,1-2H3. The van der Waals surface area contributed by atoms with Crippen LogP contribution in [0.2, 0.25) is 0 Å². The Kier molecular flexibility index (Phi) is 6.23. The average molecular weight is 376 g/mol. The van der Waals surface area contributed by atoms with E-state index in [0.717, 1.165) is 42.6 Å². The van der Waals surface area contributed by atoms with E-state index < -0.39 is 0 Å². The Hall–Kier alpha value is -1.55. The third-order valence-corrected chi connectivity index (χ3v) is 5.07. The van der Waals surface area contributed by atoms with Crippen LogP contribution in [0.3, 0.4) is 0 Å². The van der Waals surface area contributed by atoms with Crippen LogP contribution in [0, 0.1) is 5.82 Å². The molecular weight excluding hydrogens is 350 g/mol. The lowest BCUT2D eigenvalue weighted by Gasteiger charge is -2.22. The molecule has 1 aromatic carbocycles. The van der Waals surface area contributed by atoms with Crippen LogP contribution < -0.4 is 4.90 Å². The predicted octanol–water partition coefficient (Wildman–Crippen LogP) is 3.76. The predicted molar refractivity (Wildman–Crippen MR) is 106 cm³/mol. The van der Waals surface area contributed by atoms with Gasteiger partial charge >= 0.3 is 0 Å². The first-order valence-corrected chi connectivity index (χ1v) is 9.83. The molecule has 1 aromatic heterocycles. The number of benzene rings is 1. The van der Waals surface area contributed by atoms with Crippen molar-refractivity contribution in [3.05, 3.63) is 47.4 Å². The van der Waals surface area contributed by atoms with Crippen molar-refractivity contribution in [2.45, 2.75) is 45.2 Å². The highest BCUT2D eigenvalue weighted by atomic mass is 31.0. The fraction of sp³-hybridized carbons (Fsp3) is 0.450. The molecule has 2 unspecified atom stereocenters. The molecule has 0 spiro atoms. The van der Waals surface area contributed by atoms with Crippen molar-refractivity contribution >= 4 is 15.1 Å². The van der Waals surface area contributed by atoms with Gasteiger partial charge in [0.2, 0.25) is 0 Å². The summed E-state index contributed by atoms with van der Waals surface area (Å²) in [4.78, 5) is 6.89. The Morgan fingerprint density at radius 1 is 1.38 bits per heavy atom. The molecule has 0 aliphatic carbocycles. The molecule has 1 fully saturated rings. The zero-order valence-electron chi connectivity index (χ0n) is 15.3. The lowest BCUT2D eigenvalue weighted by Crippen LogP contribution is -2.26. The molecule has 1 N–H and O–H groups in total. The third kappa shape index (κ3) is 4.06. The number of hydrogen-bond donors (Lipinski definition) is 1. The minimum Gasteiger partial charge on any atom is -0.392 e. The van der Waals surface area contributed by atoms with Gasteiger partial charge in [-0.2, -0.15) is 0 Å². The maximum atomic E-state index is 14.5. The summed E-state index contributed by atoms with van der Waals surface area (Å²) in [6.07, 6.45) is 3.90. The number of nitrogens with zero attached hydrogens (tertiary/aromatic N) is 2. The Balaban J connectivity index is 1.87. The normalized spacial score (nSPS) is 17.3. The van der Waals surface area contributed by atoms with Crippen LogP contribution in [0.5, 0.6) is 0 Å². The van der Waals surface area contributed by atoms with Gasteiger partial charge in [-0.05, 0) is 38.1 Å². The van der Waals surface area contributed by atoms with E-state index in [4.69, 9.17) is 4.74 Å². The lowest BCUT2D eigenvalue weighted by molar-refractivity contribution is 0.0210. The van der Waals surface area contributed by atoms with Gasteiger partial charge in [0.1, 0.15) is 11.6 Å². The van der Waals surface area contributed by atoms with Gasteiger partial charge in [-0.1, -0.05) is 18.2 Å². The number of anilines is 1. The summed E-state index contributed by atoms with van der Waals surface area (Å²) in [7, 11) is 2.73. The molecule has 1 saturated heterocycles. The van der Waals surface area contributed by atoms with Crippen LogP contribution in [0.25, 0.3) is 11.1 Å². The first kappa shape index (κ1) is 19.2. The van der Waals surface area contributed by atoms with Gasteiger partial charge < -0.3 is 14.7 Å². The molecular formula is C20H26FN2O2P. The zero-order valence-corrected chi connectivity index (χ0v) is 16.4. The summed E-state index contributed by atoms with van der Waals surface area (Å²) >= 11 is 0. The molecule has 3 rings (SSSR count). The quantitative estimate of drug-likeness (QED) is 0.780. The molecule has 2 heterocycles. The molecule has 6 heteroatoms. The second-order valence-corrected chi connectivity index (χ2v) is 7.30. The molecule has 0 bridgehead atoms. The van der Waals surface area contributed by atoms with Crippen LogP contribution in [-0.4, -0.2) is 35.4 Å². The summed E-state index contributed by atoms with van der Waals surface area (Å²) in [6, 6.07) is 7.06. The summed E-state index contributed by atoms with van der Waals surface area (Å²) in [6.45, 7) is 5.54. The lowest BCUT2D eigenvalue weighted by atomic mass is 10.0. The van der Waals surface area contributed by atoms with Crippen molar-refractivity contribution in [2.75, 3.05) is 18.0 Å². The topological polar surface area (TPSA) is 45.6 Å². The van der Waals surface area contributed by atoms with Gasteiger partial charge in [0, 0.05) is 36.0 Å². The van der Waals surface area contributed by atoms with Crippen molar-refractivity contribution in [2.24, 2.45) is 0 Å². The third-order valence-electron chi connectivity index (χ3n) is 4.63. The maximum Gasteiger partial charge on any atom is 0.136 e. The second kappa shape index (κ2) is 8.43. The molecule has 0 amide bonds. The van der Waals surface area contributed by atoms with Crippen LogP contribution in [-0.2, 0) is 17.5 Å². The Morgan fingerprint density at radius 2 is 2.19 bits per heavy atom. The molecule has 2 aromatic rings. The van der Waals surface area contributed by atoms with E-state index in [9.17, 15) is 9.50 Å². The van der Waals surface area contributed by atoms with E-state index in [1.807, 2.05) is 6.07 Å². The van der Waals surface area contributed by atoms with Crippen molar-refractivity contribution < 1.29 is 14.2 Å². The van der Waals surface area contributed by atoms with Crippen molar-refractivity contribution in [3.8, 4) is 11.1 Å². The molecule has 2 atom stereocenters. The van der Waals surface area contributed by atoms with Crippen LogP contribution >= 0.6 is 9.24 Å². The summed E-state index contributed by atoms with van der Waals surface area (Å²) < 4.78 is 20.5. The molecule has 0 saturated carbocycles. The number of halogens is 1. The first-order chi connectivity index (χ1) is 12.5. The number of hydrogen-bond acceptors (Lipinski definition) is 4. The highest BCUT2D eigenvalue weighted by molar-refractivity contribution is 7.15. The minimum atomic E-state index is -0.383. The molecule has 0 radical (unpaired) electrons. The largest absolute Gasteiger partial charge is 0.392 e. The van der Waals surface area contributed by atoms with Crippen LogP contribution in [0.4, 0.5) is 10.2 Å². The summed E-state index contributed by atoms with van der Waals surface area (Å²) in [5.41, 5.74) is 2.56. The number of pyridine rings is 1. The second-order valence-electron chi connectivity index (χ2n) is 6.89. The Morgan fingerprint density at radius 3 is 2.88 bits per heavy atom. The number of aromatic nitrogens is 1. The fourth-order valence-corrected chi connectivity index (χ4v) is 3.73. The minimum absolute atomic E-state index is 0.221. The van der Waals surface area contributed by atoms with Gasteiger partial charge in [-0.25, -0.2) is 9.37 Å². The molecule has 140 valence electrons. The smallest absolute Gasteiger partial charge is 0.136 e. The molecule has 1 aliphatic rings. The summed E-state index contributed by atoms with van der Waals surface area (Å²) in [5.74, 6) is 0.558. The zero-order chi connectivity index (χ0) is 18.7. The average Bonchev–Trinajstić information content (AvgIpc) is 3.09. The number of aliphatic hydroxyl groups excluding tert-OH is 1. The van der Waals surface area contributed by atoms with Crippen molar-refractivity contribution in [3.63, 3.8) is 0 Å². The van der Waals surface area contributed by atoms with E-state index in [1.54, 1.807) is 24.4 Å². The molecule has 4 nitrogen and oxygen atoms in total. The van der Waals surface area contributed by atoms with Crippen LogP contribution in [0.15, 0.2) is 30.5 Å². The van der Waals surface area contributed by atoms with Crippen molar-refractivity contribution in [1.29, 1.82) is 0 Å². The summed E-state index contributed by atoms with van der Waals surface area (Å²) in [5, 5.41) is 9.29.